The van der Waals surface area contributed by atoms with Gasteiger partial charge in [-0.25, -0.2) is 4.98 Å². The van der Waals surface area contributed by atoms with Gasteiger partial charge in [0.1, 0.15) is 0 Å². The van der Waals surface area contributed by atoms with Crippen molar-refractivity contribution >= 4 is 11.3 Å². The van der Waals surface area contributed by atoms with E-state index in [1.165, 1.54) is 0 Å². The van der Waals surface area contributed by atoms with Crippen LogP contribution in [0, 0.1) is 6.92 Å². The van der Waals surface area contributed by atoms with E-state index in [2.05, 4.69) is 20.8 Å². The minimum Gasteiger partial charge on any atom is -0.323 e. The number of hydrogen-bond acceptors (Lipinski definition) is 5. The molecule has 2 rings (SSSR count). The summed E-state index contributed by atoms with van der Waals surface area (Å²) in [6.07, 6.45) is 3.75. The molecule has 3 N–H and O–H groups in total. The summed E-state index contributed by atoms with van der Waals surface area (Å²) < 4.78 is 1.76. The van der Waals surface area contributed by atoms with Crippen molar-refractivity contribution in [3.8, 4) is 0 Å². The summed E-state index contributed by atoms with van der Waals surface area (Å²) in [5.41, 5.74) is 8.17. The molecule has 0 fully saturated rings. The number of aryl methyl sites for hydroxylation is 2. The molecule has 2 aromatic rings. The number of rotatable bonds is 5. The Labute approximate surface area is 105 Å². The van der Waals surface area contributed by atoms with Crippen LogP contribution in [0.5, 0.6) is 0 Å². The van der Waals surface area contributed by atoms with Gasteiger partial charge in [0.25, 0.3) is 0 Å². The fraction of sp³-hybridized carbons (Fsp3) is 0.455. The molecule has 0 saturated heterocycles. The van der Waals surface area contributed by atoms with Gasteiger partial charge >= 0.3 is 0 Å². The van der Waals surface area contributed by atoms with Crippen molar-refractivity contribution < 1.29 is 0 Å². The van der Waals surface area contributed by atoms with Gasteiger partial charge in [-0.15, -0.1) is 11.3 Å². The summed E-state index contributed by atoms with van der Waals surface area (Å²) in [5.74, 6) is 0. The van der Waals surface area contributed by atoms with E-state index >= 15 is 0 Å². The third kappa shape index (κ3) is 3.36. The molecule has 0 saturated carbocycles. The molecule has 0 aliphatic carbocycles. The molecule has 0 aliphatic rings. The first kappa shape index (κ1) is 12.2. The zero-order chi connectivity index (χ0) is 12.3. The van der Waals surface area contributed by atoms with Crippen LogP contribution in [0.2, 0.25) is 0 Å². The highest BCUT2D eigenvalue weighted by Gasteiger charge is 2.07. The summed E-state index contributed by atoms with van der Waals surface area (Å²) in [4.78, 5) is 4.38. The Bertz CT molecular complexity index is 476. The Morgan fingerprint density at radius 2 is 2.41 bits per heavy atom. The van der Waals surface area contributed by atoms with E-state index in [-0.39, 0.29) is 6.04 Å². The Hall–Kier alpha value is -1.24. The van der Waals surface area contributed by atoms with Crippen molar-refractivity contribution in [2.24, 2.45) is 12.8 Å². The van der Waals surface area contributed by atoms with Crippen molar-refractivity contribution in [3.63, 3.8) is 0 Å². The third-order valence-corrected chi connectivity index (χ3v) is 3.31. The highest BCUT2D eigenvalue weighted by molar-refractivity contribution is 7.09. The largest absolute Gasteiger partial charge is 0.323 e. The van der Waals surface area contributed by atoms with Gasteiger partial charge in [-0.05, 0) is 6.92 Å². The van der Waals surface area contributed by atoms with E-state index in [0.29, 0.717) is 0 Å². The average molecular weight is 251 g/mol. The van der Waals surface area contributed by atoms with Crippen LogP contribution in [0.1, 0.15) is 22.3 Å². The Balaban J connectivity index is 1.78. The number of nitrogens with one attached hydrogen (secondary N) is 1. The molecule has 1 unspecified atom stereocenters. The zero-order valence-electron chi connectivity index (χ0n) is 10.1. The van der Waals surface area contributed by atoms with E-state index in [9.17, 15) is 0 Å². The second-order valence-electron chi connectivity index (χ2n) is 4.04. The molecule has 0 radical (unpaired) electrons. The van der Waals surface area contributed by atoms with E-state index in [0.717, 1.165) is 29.4 Å². The van der Waals surface area contributed by atoms with E-state index in [1.54, 1.807) is 22.2 Å². The predicted molar refractivity (Wildman–Crippen MR) is 68.7 cm³/mol. The monoisotopic (exact) mass is 251 g/mol. The molecule has 6 heteroatoms. The van der Waals surface area contributed by atoms with Crippen LogP contribution < -0.4 is 11.1 Å². The van der Waals surface area contributed by atoms with Crippen LogP contribution in [0.15, 0.2) is 17.8 Å². The van der Waals surface area contributed by atoms with Crippen LogP contribution >= 0.6 is 11.3 Å². The van der Waals surface area contributed by atoms with Gasteiger partial charge in [-0.1, -0.05) is 0 Å². The molecule has 17 heavy (non-hydrogen) atoms. The minimum atomic E-state index is -0.0246. The fourth-order valence-corrected chi connectivity index (χ4v) is 2.21. The maximum absolute atomic E-state index is 6.04. The lowest BCUT2D eigenvalue weighted by Gasteiger charge is -2.09. The lowest BCUT2D eigenvalue weighted by molar-refractivity contribution is 0.592. The number of thiazole rings is 1. The number of nitrogens with two attached hydrogens (primary N) is 1. The summed E-state index contributed by atoms with van der Waals surface area (Å²) >= 11 is 1.67. The fourth-order valence-electron chi connectivity index (χ4n) is 1.59. The Morgan fingerprint density at radius 3 is 3.00 bits per heavy atom. The van der Waals surface area contributed by atoms with Crippen molar-refractivity contribution in [1.82, 2.24) is 20.1 Å². The lowest BCUT2D eigenvalue weighted by atomic mass is 10.2. The van der Waals surface area contributed by atoms with Gasteiger partial charge in [-0.3, -0.25) is 4.68 Å². The second kappa shape index (κ2) is 5.39. The molecule has 0 aliphatic heterocycles. The smallest absolute Gasteiger partial charge is 0.0897 e. The molecular formula is C11H17N5S. The number of nitrogens with zero attached hydrogens (tertiary/aromatic N) is 3. The van der Waals surface area contributed by atoms with Gasteiger partial charge in [-0.2, -0.15) is 5.10 Å². The highest BCUT2D eigenvalue weighted by atomic mass is 32.1. The molecule has 0 aromatic carbocycles. The van der Waals surface area contributed by atoms with Crippen LogP contribution in [0.4, 0.5) is 0 Å². The van der Waals surface area contributed by atoms with E-state index in [1.807, 2.05) is 20.2 Å². The molecular weight excluding hydrogens is 234 g/mol. The second-order valence-corrected chi connectivity index (χ2v) is 5.10. The standard InChI is InChI=1S/C11H17N5S/c1-8-15-10(7-17-8)4-13-5-11(12)9-3-14-16(2)6-9/h3,6-7,11,13H,4-5,12H2,1-2H3. The maximum Gasteiger partial charge on any atom is 0.0897 e. The molecule has 1 atom stereocenters. The molecule has 0 spiro atoms. The maximum atomic E-state index is 6.04. The highest BCUT2D eigenvalue weighted by Crippen LogP contribution is 2.09. The molecule has 5 nitrogen and oxygen atoms in total. The molecule has 0 bridgehead atoms. The summed E-state index contributed by atoms with van der Waals surface area (Å²) in [6.45, 7) is 3.50. The van der Waals surface area contributed by atoms with Crippen LogP contribution in [-0.2, 0) is 13.6 Å². The van der Waals surface area contributed by atoms with Crippen LogP contribution in [0.25, 0.3) is 0 Å². The summed E-state index contributed by atoms with van der Waals surface area (Å²) in [7, 11) is 1.89. The van der Waals surface area contributed by atoms with Crippen molar-refractivity contribution in [3.05, 3.63) is 34.0 Å². The SMILES string of the molecule is Cc1nc(CNCC(N)c2cnn(C)c2)cs1. The first-order valence-corrected chi connectivity index (χ1v) is 6.39. The van der Waals surface area contributed by atoms with Gasteiger partial charge in [0.05, 0.1) is 16.9 Å². The van der Waals surface area contributed by atoms with E-state index in [4.69, 9.17) is 5.73 Å². The van der Waals surface area contributed by atoms with Crippen molar-refractivity contribution in [2.45, 2.75) is 19.5 Å². The number of aromatic nitrogens is 3. The lowest BCUT2D eigenvalue weighted by Crippen LogP contribution is -2.26. The van der Waals surface area contributed by atoms with E-state index < -0.39 is 0 Å². The molecule has 92 valence electrons. The van der Waals surface area contributed by atoms with Crippen LogP contribution in [0.3, 0.4) is 0 Å². The first-order chi connectivity index (χ1) is 8.15. The zero-order valence-corrected chi connectivity index (χ0v) is 10.9. The van der Waals surface area contributed by atoms with Gasteiger partial charge in [0.15, 0.2) is 0 Å². The summed E-state index contributed by atoms with van der Waals surface area (Å²) in [5, 5.41) is 10.6. The number of hydrogen-bond donors (Lipinski definition) is 2. The Kier molecular flexibility index (Phi) is 3.88. The normalized spacial score (nSPS) is 12.9. The van der Waals surface area contributed by atoms with Crippen molar-refractivity contribution in [2.75, 3.05) is 6.54 Å². The van der Waals surface area contributed by atoms with Crippen LogP contribution in [-0.4, -0.2) is 21.3 Å². The predicted octanol–water partition coefficient (Wildman–Crippen LogP) is 0.975. The van der Waals surface area contributed by atoms with Gasteiger partial charge in [0.2, 0.25) is 0 Å². The van der Waals surface area contributed by atoms with Crippen molar-refractivity contribution in [1.29, 1.82) is 0 Å². The molecule has 2 aromatic heterocycles. The van der Waals surface area contributed by atoms with Gasteiger partial charge in [0, 0.05) is 43.3 Å². The van der Waals surface area contributed by atoms with Gasteiger partial charge < -0.3 is 11.1 Å². The minimum absolute atomic E-state index is 0.0246. The quantitative estimate of drug-likeness (QED) is 0.831. The first-order valence-electron chi connectivity index (χ1n) is 5.51. The topological polar surface area (TPSA) is 68.8 Å². The molecule has 2 heterocycles. The summed E-state index contributed by atoms with van der Waals surface area (Å²) in [6, 6.07) is -0.0246. The third-order valence-electron chi connectivity index (χ3n) is 2.49. The Morgan fingerprint density at radius 1 is 1.59 bits per heavy atom. The molecule has 0 amide bonds. The average Bonchev–Trinajstić information content (AvgIpc) is 2.88.